The van der Waals surface area contributed by atoms with Gasteiger partial charge in [-0.1, -0.05) is 13.0 Å². The lowest BCUT2D eigenvalue weighted by atomic mass is 10.0. The summed E-state index contributed by atoms with van der Waals surface area (Å²) in [5.74, 6) is 2.00. The summed E-state index contributed by atoms with van der Waals surface area (Å²) >= 11 is 0. The highest BCUT2D eigenvalue weighted by molar-refractivity contribution is 5.77. The number of piperazine rings is 1. The molecule has 0 aromatic carbocycles. The van der Waals surface area contributed by atoms with Gasteiger partial charge in [-0.2, -0.15) is 10.4 Å². The van der Waals surface area contributed by atoms with Crippen LogP contribution in [-0.4, -0.2) is 62.2 Å². The van der Waals surface area contributed by atoms with Gasteiger partial charge >= 0.3 is 0 Å². The molecule has 3 fully saturated rings. The summed E-state index contributed by atoms with van der Waals surface area (Å²) in [5, 5.41) is 13.4. The number of aromatic nitrogens is 4. The lowest BCUT2D eigenvalue weighted by Crippen LogP contribution is -2.56. The van der Waals surface area contributed by atoms with E-state index in [1.165, 1.54) is 0 Å². The SMILES string of the molecule is C[C@H]1CC2CN(C(=O)CCOC(c3cccc4ncnn34)C3CC3)CC1N2c1ccc(C#N)cn1. The van der Waals surface area contributed by atoms with Crippen molar-refractivity contribution in [2.75, 3.05) is 24.6 Å². The van der Waals surface area contributed by atoms with E-state index in [9.17, 15) is 4.79 Å². The van der Waals surface area contributed by atoms with E-state index in [1.807, 2.05) is 39.7 Å². The van der Waals surface area contributed by atoms with E-state index >= 15 is 0 Å². The van der Waals surface area contributed by atoms with E-state index in [0.29, 0.717) is 43.5 Å². The molecule has 3 aromatic heterocycles. The van der Waals surface area contributed by atoms with E-state index in [1.54, 1.807) is 12.5 Å². The largest absolute Gasteiger partial charge is 0.371 e. The molecule has 2 bridgehead atoms. The van der Waals surface area contributed by atoms with Crippen molar-refractivity contribution in [3.8, 4) is 6.07 Å². The summed E-state index contributed by atoms with van der Waals surface area (Å²) in [4.78, 5) is 26.3. The van der Waals surface area contributed by atoms with Crippen LogP contribution < -0.4 is 4.90 Å². The minimum atomic E-state index is -0.0660. The van der Waals surface area contributed by atoms with Crippen molar-refractivity contribution < 1.29 is 9.53 Å². The molecule has 2 aliphatic heterocycles. The number of carbonyl (C=O) groups excluding carboxylic acids is 1. The Labute approximate surface area is 204 Å². The number of likely N-dealkylation sites (tertiary alicyclic amines) is 1. The third kappa shape index (κ3) is 4.12. The summed E-state index contributed by atoms with van der Waals surface area (Å²) in [6.07, 6.45) is 6.81. The standard InChI is InChI=1S/C26H29N7O2/c1-17-11-20-14-31(15-22(17)32(20)23-8-5-18(12-27)13-28-23)25(34)9-10-35-26(19-6-7-19)21-3-2-4-24-29-16-30-33(21)24/h2-5,8,13,16-17,19-20,22,26H,6-7,9-11,14-15H2,1H3/t17-,20?,22?,26?/m0/s1. The van der Waals surface area contributed by atoms with Gasteiger partial charge in [0.1, 0.15) is 24.3 Å². The number of ether oxygens (including phenoxy) is 1. The van der Waals surface area contributed by atoms with E-state index in [0.717, 1.165) is 36.4 Å². The number of fused-ring (bicyclic) bond motifs is 3. The first-order valence-electron chi connectivity index (χ1n) is 12.4. The zero-order valence-electron chi connectivity index (χ0n) is 19.8. The smallest absolute Gasteiger partial charge is 0.225 e. The Balaban J connectivity index is 1.09. The predicted octanol–water partition coefficient (Wildman–Crippen LogP) is 2.98. The third-order valence-electron chi connectivity index (χ3n) is 7.67. The minimum Gasteiger partial charge on any atom is -0.371 e. The van der Waals surface area contributed by atoms with Gasteiger partial charge in [-0.3, -0.25) is 4.79 Å². The molecule has 9 heteroatoms. The van der Waals surface area contributed by atoms with Crippen molar-refractivity contribution >= 4 is 17.4 Å². The molecular weight excluding hydrogens is 442 g/mol. The van der Waals surface area contributed by atoms with Crippen LogP contribution in [0, 0.1) is 23.2 Å². The molecule has 3 aliphatic rings. The fraction of sp³-hybridized carbons (Fsp3) is 0.500. The Kier molecular flexibility index (Phi) is 5.61. The zero-order chi connectivity index (χ0) is 23.9. The molecule has 3 unspecified atom stereocenters. The van der Waals surface area contributed by atoms with Crippen LogP contribution in [0.15, 0.2) is 42.9 Å². The maximum atomic E-state index is 13.2. The molecule has 1 aliphatic carbocycles. The van der Waals surface area contributed by atoms with Crippen LogP contribution in [-0.2, 0) is 9.53 Å². The van der Waals surface area contributed by atoms with Crippen molar-refractivity contribution in [2.24, 2.45) is 11.8 Å². The number of anilines is 1. The van der Waals surface area contributed by atoms with Crippen molar-refractivity contribution in [1.82, 2.24) is 24.5 Å². The first-order chi connectivity index (χ1) is 17.1. The molecule has 4 atom stereocenters. The highest BCUT2D eigenvalue weighted by Crippen LogP contribution is 2.43. The normalized spacial score (nSPS) is 24.5. The van der Waals surface area contributed by atoms with Crippen LogP contribution in [0.5, 0.6) is 0 Å². The monoisotopic (exact) mass is 471 g/mol. The average Bonchev–Trinajstić information content (AvgIpc) is 3.56. The summed E-state index contributed by atoms with van der Waals surface area (Å²) in [5.41, 5.74) is 2.38. The molecule has 0 N–H and O–H groups in total. The van der Waals surface area contributed by atoms with Gasteiger partial charge in [-0.25, -0.2) is 14.5 Å². The van der Waals surface area contributed by atoms with Crippen LogP contribution in [0.25, 0.3) is 5.65 Å². The summed E-state index contributed by atoms with van der Waals surface area (Å²) in [7, 11) is 0. The highest BCUT2D eigenvalue weighted by atomic mass is 16.5. The number of rotatable bonds is 7. The minimum absolute atomic E-state index is 0.0660. The van der Waals surface area contributed by atoms with E-state index in [4.69, 9.17) is 10.00 Å². The second kappa shape index (κ2) is 8.93. The quantitative estimate of drug-likeness (QED) is 0.522. The molecule has 35 heavy (non-hydrogen) atoms. The maximum absolute atomic E-state index is 13.2. The number of hydrogen-bond donors (Lipinski definition) is 0. The number of amides is 1. The van der Waals surface area contributed by atoms with Crippen molar-refractivity contribution in [3.05, 3.63) is 54.1 Å². The summed E-state index contributed by atoms with van der Waals surface area (Å²) < 4.78 is 8.16. The van der Waals surface area contributed by atoms with E-state index in [-0.39, 0.29) is 24.1 Å². The molecular formula is C26H29N7O2. The summed E-state index contributed by atoms with van der Waals surface area (Å²) in [6.45, 7) is 4.05. The molecule has 1 saturated carbocycles. The Morgan fingerprint density at radius 2 is 2.11 bits per heavy atom. The molecule has 5 heterocycles. The van der Waals surface area contributed by atoms with Crippen molar-refractivity contribution in [3.63, 3.8) is 0 Å². The molecule has 1 amide bonds. The molecule has 180 valence electrons. The Hall–Kier alpha value is -3.51. The molecule has 2 saturated heterocycles. The summed E-state index contributed by atoms with van der Waals surface area (Å²) in [6, 6.07) is 12.3. The predicted molar refractivity (Wildman–Crippen MR) is 128 cm³/mol. The molecule has 0 radical (unpaired) electrons. The van der Waals surface area contributed by atoms with Gasteiger partial charge in [0.15, 0.2) is 5.65 Å². The Morgan fingerprint density at radius 1 is 1.23 bits per heavy atom. The second-order valence-corrected chi connectivity index (χ2v) is 10.0. The van der Waals surface area contributed by atoms with Crippen LogP contribution in [0.3, 0.4) is 0 Å². The average molecular weight is 472 g/mol. The molecule has 0 spiro atoms. The molecule has 6 rings (SSSR count). The maximum Gasteiger partial charge on any atom is 0.225 e. The first kappa shape index (κ1) is 22.0. The van der Waals surface area contributed by atoms with Gasteiger partial charge < -0.3 is 14.5 Å². The number of nitrogens with zero attached hydrogens (tertiary/aromatic N) is 7. The molecule has 9 nitrogen and oxygen atoms in total. The van der Waals surface area contributed by atoms with Gasteiger partial charge in [-0.15, -0.1) is 0 Å². The number of nitriles is 1. The van der Waals surface area contributed by atoms with Crippen molar-refractivity contribution in [2.45, 2.75) is 50.8 Å². The van der Waals surface area contributed by atoms with Crippen LogP contribution >= 0.6 is 0 Å². The lowest BCUT2D eigenvalue weighted by Gasteiger charge is -2.42. The number of hydrogen-bond acceptors (Lipinski definition) is 7. The fourth-order valence-corrected chi connectivity index (χ4v) is 5.77. The van der Waals surface area contributed by atoms with Gasteiger partial charge in [-0.05, 0) is 55.4 Å². The zero-order valence-corrected chi connectivity index (χ0v) is 19.8. The van der Waals surface area contributed by atoms with Crippen LogP contribution in [0.4, 0.5) is 5.82 Å². The third-order valence-corrected chi connectivity index (χ3v) is 7.67. The van der Waals surface area contributed by atoms with E-state index in [2.05, 4.69) is 33.0 Å². The Morgan fingerprint density at radius 3 is 2.86 bits per heavy atom. The van der Waals surface area contributed by atoms with Gasteiger partial charge in [0.05, 0.1) is 30.3 Å². The number of carbonyl (C=O) groups is 1. The highest BCUT2D eigenvalue weighted by Gasteiger charge is 2.46. The lowest BCUT2D eigenvalue weighted by molar-refractivity contribution is -0.134. The fourth-order valence-electron chi connectivity index (χ4n) is 5.77. The van der Waals surface area contributed by atoms with Crippen LogP contribution in [0.2, 0.25) is 0 Å². The van der Waals surface area contributed by atoms with E-state index < -0.39 is 0 Å². The van der Waals surface area contributed by atoms with Crippen molar-refractivity contribution in [1.29, 1.82) is 5.26 Å². The first-order valence-corrected chi connectivity index (χ1v) is 12.4. The topological polar surface area (TPSA) is 99.7 Å². The van der Waals surface area contributed by atoms with Gasteiger partial charge in [0, 0.05) is 25.3 Å². The Bertz CT molecular complexity index is 1260. The van der Waals surface area contributed by atoms with Gasteiger partial charge in [0.2, 0.25) is 5.91 Å². The molecule has 3 aromatic rings. The second-order valence-electron chi connectivity index (χ2n) is 10.0. The number of pyridine rings is 2. The van der Waals surface area contributed by atoms with Crippen LogP contribution in [0.1, 0.15) is 50.0 Å². The van der Waals surface area contributed by atoms with Gasteiger partial charge in [0.25, 0.3) is 0 Å².